The number of carbonyl (C=O) groups is 1. The van der Waals surface area contributed by atoms with Crippen LogP contribution in [0.25, 0.3) is 10.9 Å². The number of nitrogens with one attached hydrogen (secondary N) is 1. The van der Waals surface area contributed by atoms with Crippen LogP contribution in [-0.2, 0) is 11.2 Å². The molecule has 0 saturated carbocycles. The third-order valence-corrected chi connectivity index (χ3v) is 4.47. The van der Waals surface area contributed by atoms with E-state index in [1.807, 2.05) is 38.1 Å². The summed E-state index contributed by atoms with van der Waals surface area (Å²) in [6, 6.07) is 9.38. The van der Waals surface area contributed by atoms with Gasteiger partial charge in [-0.15, -0.1) is 10.2 Å². The van der Waals surface area contributed by atoms with Crippen molar-refractivity contribution in [1.82, 2.24) is 15.2 Å². The number of amides is 1. The number of para-hydroxylation sites is 1. The lowest BCUT2D eigenvalue weighted by molar-refractivity contribution is -0.115. The van der Waals surface area contributed by atoms with Crippen LogP contribution in [-0.4, -0.2) is 21.1 Å². The van der Waals surface area contributed by atoms with Gasteiger partial charge in [0.15, 0.2) is 0 Å². The lowest BCUT2D eigenvalue weighted by Crippen LogP contribution is -2.15. The van der Waals surface area contributed by atoms with Gasteiger partial charge < -0.3 is 11.1 Å². The van der Waals surface area contributed by atoms with Crippen LogP contribution in [0.1, 0.15) is 30.5 Å². The van der Waals surface area contributed by atoms with Crippen LogP contribution in [0.2, 0.25) is 0 Å². The summed E-state index contributed by atoms with van der Waals surface area (Å²) in [6.45, 7) is 4.07. The number of nitrogens with two attached hydrogens (primary N) is 1. The minimum atomic E-state index is -0.169. The third-order valence-electron chi connectivity index (χ3n) is 3.33. The van der Waals surface area contributed by atoms with Gasteiger partial charge in [-0.05, 0) is 12.1 Å². The molecule has 3 aromatic rings. The first-order chi connectivity index (χ1) is 11.0. The molecule has 2 aromatic heterocycles. The van der Waals surface area contributed by atoms with Gasteiger partial charge in [-0.2, -0.15) is 0 Å². The Morgan fingerprint density at radius 2 is 2.09 bits per heavy atom. The SMILES string of the molecule is CC(C)c1nnc(NC(=O)Cc2ccc3cccc(N)c3n2)s1. The zero-order chi connectivity index (χ0) is 16.4. The number of fused-ring (bicyclic) bond motifs is 1. The number of rotatable bonds is 4. The predicted molar refractivity (Wildman–Crippen MR) is 92.5 cm³/mol. The van der Waals surface area contributed by atoms with Gasteiger partial charge in [0.2, 0.25) is 11.0 Å². The average Bonchev–Trinajstić information content (AvgIpc) is 2.97. The summed E-state index contributed by atoms with van der Waals surface area (Å²) in [7, 11) is 0. The summed E-state index contributed by atoms with van der Waals surface area (Å²) >= 11 is 1.39. The van der Waals surface area contributed by atoms with E-state index >= 15 is 0 Å². The molecular formula is C16H17N5OS. The molecule has 2 heterocycles. The smallest absolute Gasteiger partial charge is 0.232 e. The van der Waals surface area contributed by atoms with Crippen molar-refractivity contribution in [2.75, 3.05) is 11.1 Å². The van der Waals surface area contributed by atoms with E-state index in [1.54, 1.807) is 6.07 Å². The first kappa shape index (κ1) is 15.4. The molecule has 0 saturated heterocycles. The molecule has 3 N–H and O–H groups in total. The Hall–Kier alpha value is -2.54. The maximum atomic E-state index is 12.1. The highest BCUT2D eigenvalue weighted by atomic mass is 32.1. The van der Waals surface area contributed by atoms with Crippen LogP contribution in [0, 0.1) is 0 Å². The molecule has 0 bridgehead atoms. The van der Waals surface area contributed by atoms with Crippen LogP contribution in [0.15, 0.2) is 30.3 Å². The fourth-order valence-corrected chi connectivity index (χ4v) is 2.92. The van der Waals surface area contributed by atoms with Crippen LogP contribution in [0.4, 0.5) is 10.8 Å². The average molecular weight is 327 g/mol. The predicted octanol–water partition coefficient (Wildman–Crippen LogP) is 2.97. The van der Waals surface area contributed by atoms with Gasteiger partial charge in [0.1, 0.15) is 5.01 Å². The maximum absolute atomic E-state index is 12.1. The number of carbonyl (C=O) groups excluding carboxylic acids is 1. The molecule has 0 atom stereocenters. The Kier molecular flexibility index (Phi) is 4.20. The van der Waals surface area contributed by atoms with Crippen molar-refractivity contribution in [2.24, 2.45) is 0 Å². The number of hydrogen-bond acceptors (Lipinski definition) is 6. The number of hydrogen-bond donors (Lipinski definition) is 2. The number of anilines is 2. The molecule has 6 nitrogen and oxygen atoms in total. The fraction of sp³-hybridized carbons (Fsp3) is 0.250. The molecule has 23 heavy (non-hydrogen) atoms. The fourth-order valence-electron chi connectivity index (χ4n) is 2.16. The Balaban J connectivity index is 1.73. The molecule has 0 aliphatic carbocycles. The lowest BCUT2D eigenvalue weighted by Gasteiger charge is -2.05. The van der Waals surface area contributed by atoms with Crippen molar-refractivity contribution in [1.29, 1.82) is 0 Å². The number of pyridine rings is 1. The highest BCUT2D eigenvalue weighted by Crippen LogP contribution is 2.23. The molecule has 118 valence electrons. The summed E-state index contributed by atoms with van der Waals surface area (Å²) in [5.41, 5.74) is 7.92. The van der Waals surface area contributed by atoms with Crippen LogP contribution < -0.4 is 11.1 Å². The van der Waals surface area contributed by atoms with Gasteiger partial charge in [0, 0.05) is 11.3 Å². The van der Waals surface area contributed by atoms with E-state index in [4.69, 9.17) is 5.73 Å². The molecule has 7 heteroatoms. The monoisotopic (exact) mass is 327 g/mol. The molecule has 0 spiro atoms. The van der Waals surface area contributed by atoms with Crippen molar-refractivity contribution in [3.05, 3.63) is 41.0 Å². The molecule has 0 aliphatic rings. The zero-order valence-electron chi connectivity index (χ0n) is 12.9. The summed E-state index contributed by atoms with van der Waals surface area (Å²) in [5, 5.41) is 13.2. The Labute approximate surface area is 137 Å². The summed E-state index contributed by atoms with van der Waals surface area (Å²) in [6.07, 6.45) is 0.168. The first-order valence-corrected chi connectivity index (χ1v) is 8.12. The number of nitrogen functional groups attached to an aromatic ring is 1. The molecule has 1 aromatic carbocycles. The Morgan fingerprint density at radius 1 is 1.26 bits per heavy atom. The highest BCUT2D eigenvalue weighted by molar-refractivity contribution is 7.15. The summed E-state index contributed by atoms with van der Waals surface area (Å²) in [4.78, 5) is 16.6. The lowest BCUT2D eigenvalue weighted by atomic mass is 10.1. The largest absolute Gasteiger partial charge is 0.397 e. The van der Waals surface area contributed by atoms with Gasteiger partial charge in [0.25, 0.3) is 0 Å². The van der Waals surface area contributed by atoms with Gasteiger partial charge in [-0.3, -0.25) is 9.78 Å². The van der Waals surface area contributed by atoms with E-state index in [2.05, 4.69) is 20.5 Å². The van der Waals surface area contributed by atoms with Gasteiger partial charge >= 0.3 is 0 Å². The van der Waals surface area contributed by atoms with Crippen molar-refractivity contribution in [3.8, 4) is 0 Å². The van der Waals surface area contributed by atoms with Crippen LogP contribution in [0.5, 0.6) is 0 Å². The number of benzene rings is 1. The highest BCUT2D eigenvalue weighted by Gasteiger charge is 2.12. The van der Waals surface area contributed by atoms with Gasteiger partial charge in [0.05, 0.1) is 23.3 Å². The summed E-state index contributed by atoms with van der Waals surface area (Å²) in [5.74, 6) is 0.126. The van der Waals surface area contributed by atoms with Gasteiger partial charge in [-0.25, -0.2) is 0 Å². The Bertz CT molecular complexity index is 859. The second-order valence-corrected chi connectivity index (χ2v) is 6.56. The molecular weight excluding hydrogens is 310 g/mol. The van der Waals surface area contributed by atoms with Gasteiger partial charge in [-0.1, -0.05) is 43.4 Å². The second kappa shape index (κ2) is 6.29. The van der Waals surface area contributed by atoms with E-state index in [-0.39, 0.29) is 12.3 Å². The molecule has 0 aliphatic heterocycles. The summed E-state index contributed by atoms with van der Waals surface area (Å²) < 4.78 is 0. The van der Waals surface area contributed by atoms with E-state index in [0.29, 0.717) is 22.4 Å². The minimum Gasteiger partial charge on any atom is -0.397 e. The standard InChI is InChI=1S/C16H17N5OS/c1-9(2)15-20-21-16(23-15)19-13(22)8-11-7-6-10-4-3-5-12(17)14(10)18-11/h3-7,9H,8,17H2,1-2H3,(H,19,21,22). The van der Waals surface area contributed by atoms with Crippen molar-refractivity contribution in [2.45, 2.75) is 26.2 Å². The van der Waals surface area contributed by atoms with Crippen molar-refractivity contribution >= 4 is 39.0 Å². The first-order valence-electron chi connectivity index (χ1n) is 7.30. The Morgan fingerprint density at radius 3 is 2.83 bits per heavy atom. The second-order valence-electron chi connectivity index (χ2n) is 5.55. The van der Waals surface area contributed by atoms with Crippen molar-refractivity contribution in [3.63, 3.8) is 0 Å². The molecule has 0 unspecified atom stereocenters. The normalized spacial score (nSPS) is 11.1. The quantitative estimate of drug-likeness (QED) is 0.719. The van der Waals surface area contributed by atoms with E-state index in [0.717, 1.165) is 15.9 Å². The number of aromatic nitrogens is 3. The maximum Gasteiger partial charge on any atom is 0.232 e. The van der Waals surface area contributed by atoms with E-state index < -0.39 is 0 Å². The third kappa shape index (κ3) is 3.45. The zero-order valence-corrected chi connectivity index (χ0v) is 13.7. The molecule has 1 amide bonds. The van der Waals surface area contributed by atoms with Crippen molar-refractivity contribution < 1.29 is 4.79 Å². The topological polar surface area (TPSA) is 93.8 Å². The van der Waals surface area contributed by atoms with Crippen LogP contribution >= 0.6 is 11.3 Å². The molecule has 3 rings (SSSR count). The minimum absolute atomic E-state index is 0.168. The molecule has 0 fully saturated rings. The molecule has 0 radical (unpaired) electrons. The number of nitrogens with zero attached hydrogens (tertiary/aromatic N) is 3. The van der Waals surface area contributed by atoms with E-state index in [9.17, 15) is 4.79 Å². The van der Waals surface area contributed by atoms with Crippen LogP contribution in [0.3, 0.4) is 0 Å². The van der Waals surface area contributed by atoms with E-state index in [1.165, 1.54) is 11.3 Å².